The Morgan fingerprint density at radius 3 is 2.77 bits per heavy atom. The highest BCUT2D eigenvalue weighted by Gasteiger charge is 2.11. The van der Waals surface area contributed by atoms with Crippen molar-refractivity contribution in [2.24, 2.45) is 5.92 Å². The number of halogens is 2. The van der Waals surface area contributed by atoms with Gasteiger partial charge in [-0.15, -0.1) is 0 Å². The molecule has 118 valence electrons. The molecule has 0 saturated heterocycles. The Kier molecular flexibility index (Phi) is 5.42. The number of benzene rings is 1. The van der Waals surface area contributed by atoms with Gasteiger partial charge in [-0.1, -0.05) is 37.0 Å². The van der Waals surface area contributed by atoms with Gasteiger partial charge in [-0.25, -0.2) is 4.98 Å². The Labute approximate surface area is 138 Å². The minimum Gasteiger partial charge on any atom is -0.355 e. The fourth-order valence-electron chi connectivity index (χ4n) is 2.02. The number of nitrogens with zero attached hydrogens (tertiary/aromatic N) is 2. The zero-order valence-electron chi connectivity index (χ0n) is 12.4. The molecule has 0 radical (unpaired) electrons. The van der Waals surface area contributed by atoms with Crippen LogP contribution in [0.1, 0.15) is 20.3 Å². The molecule has 0 atom stereocenters. The highest BCUT2D eigenvalue weighted by atomic mass is 35.5. The van der Waals surface area contributed by atoms with E-state index in [9.17, 15) is 9.59 Å². The van der Waals surface area contributed by atoms with Crippen LogP contribution in [0.3, 0.4) is 0 Å². The van der Waals surface area contributed by atoms with Gasteiger partial charge in [0.2, 0.25) is 5.91 Å². The molecule has 1 aromatic carbocycles. The molecule has 1 aromatic heterocycles. The van der Waals surface area contributed by atoms with Crippen LogP contribution in [0.15, 0.2) is 23.3 Å². The monoisotopic (exact) mass is 341 g/mol. The molecule has 2 rings (SSSR count). The minimum absolute atomic E-state index is 0.0794. The van der Waals surface area contributed by atoms with Gasteiger partial charge in [-0.2, -0.15) is 0 Å². The fraction of sp³-hybridized carbons (Fsp3) is 0.400. The molecule has 0 aliphatic heterocycles. The van der Waals surface area contributed by atoms with Crippen LogP contribution in [0.5, 0.6) is 0 Å². The van der Waals surface area contributed by atoms with Crippen molar-refractivity contribution in [3.63, 3.8) is 0 Å². The summed E-state index contributed by atoms with van der Waals surface area (Å²) in [4.78, 5) is 28.4. The number of aromatic nitrogens is 2. The third-order valence-electron chi connectivity index (χ3n) is 3.20. The molecular formula is C15H17Cl2N3O2. The predicted octanol–water partition coefficient (Wildman–Crippen LogP) is 2.87. The number of hydrogen-bond acceptors (Lipinski definition) is 3. The lowest BCUT2D eigenvalue weighted by Crippen LogP contribution is -2.33. The van der Waals surface area contributed by atoms with Gasteiger partial charge in [0.1, 0.15) is 6.54 Å². The number of nitrogens with one attached hydrogen (secondary N) is 1. The quantitative estimate of drug-likeness (QED) is 0.909. The van der Waals surface area contributed by atoms with Crippen molar-refractivity contribution in [2.75, 3.05) is 6.54 Å². The lowest BCUT2D eigenvalue weighted by molar-refractivity contribution is -0.121. The summed E-state index contributed by atoms with van der Waals surface area (Å²) in [5.74, 6) is 0.284. The van der Waals surface area contributed by atoms with Gasteiger partial charge in [-0.3, -0.25) is 14.2 Å². The standard InChI is InChI=1S/C15H17Cl2N3O2/c1-9(2)3-4-18-13(21)7-20-8-19-14-11(15(20)22)5-10(16)6-12(14)17/h5-6,8-9H,3-4,7H2,1-2H3,(H,18,21). The number of amides is 1. The van der Waals surface area contributed by atoms with E-state index in [1.54, 1.807) is 0 Å². The molecule has 0 fully saturated rings. The van der Waals surface area contributed by atoms with Crippen LogP contribution in [0.2, 0.25) is 10.0 Å². The van der Waals surface area contributed by atoms with Crippen molar-refractivity contribution in [1.29, 1.82) is 0 Å². The summed E-state index contributed by atoms with van der Waals surface area (Å²) in [7, 11) is 0. The molecule has 0 spiro atoms. The fourth-order valence-corrected chi connectivity index (χ4v) is 2.56. The largest absolute Gasteiger partial charge is 0.355 e. The van der Waals surface area contributed by atoms with Crippen molar-refractivity contribution < 1.29 is 4.79 Å². The van der Waals surface area contributed by atoms with E-state index in [2.05, 4.69) is 24.1 Å². The van der Waals surface area contributed by atoms with E-state index in [0.717, 1.165) is 6.42 Å². The summed E-state index contributed by atoms with van der Waals surface area (Å²) >= 11 is 11.9. The van der Waals surface area contributed by atoms with Gasteiger partial charge in [-0.05, 0) is 24.5 Å². The molecule has 1 heterocycles. The molecule has 7 heteroatoms. The third kappa shape index (κ3) is 3.99. The Bertz CT molecular complexity index is 756. The molecule has 5 nitrogen and oxygen atoms in total. The number of fused-ring (bicyclic) bond motifs is 1. The molecular weight excluding hydrogens is 325 g/mol. The van der Waals surface area contributed by atoms with Crippen molar-refractivity contribution in [3.8, 4) is 0 Å². The number of hydrogen-bond donors (Lipinski definition) is 1. The van der Waals surface area contributed by atoms with E-state index in [1.165, 1.54) is 23.0 Å². The van der Waals surface area contributed by atoms with Crippen molar-refractivity contribution in [2.45, 2.75) is 26.8 Å². The first-order chi connectivity index (χ1) is 10.4. The minimum atomic E-state index is -0.339. The van der Waals surface area contributed by atoms with Crippen LogP contribution in [0.4, 0.5) is 0 Å². The van der Waals surface area contributed by atoms with Crippen molar-refractivity contribution in [1.82, 2.24) is 14.9 Å². The summed E-state index contributed by atoms with van der Waals surface area (Å²) in [6.45, 7) is 4.67. The van der Waals surface area contributed by atoms with E-state index in [-0.39, 0.29) is 18.0 Å². The van der Waals surface area contributed by atoms with Crippen LogP contribution in [-0.2, 0) is 11.3 Å². The second-order valence-electron chi connectivity index (χ2n) is 5.49. The maximum absolute atomic E-state index is 12.4. The Hall–Kier alpha value is -1.59. The summed E-state index contributed by atoms with van der Waals surface area (Å²) in [6.07, 6.45) is 2.22. The Balaban J connectivity index is 2.21. The smallest absolute Gasteiger partial charge is 0.261 e. The molecule has 0 bridgehead atoms. The molecule has 0 aliphatic rings. The normalized spacial score (nSPS) is 11.1. The molecule has 22 heavy (non-hydrogen) atoms. The number of rotatable bonds is 5. The Morgan fingerprint density at radius 2 is 2.09 bits per heavy atom. The zero-order valence-corrected chi connectivity index (χ0v) is 13.9. The second kappa shape index (κ2) is 7.11. The molecule has 2 aromatic rings. The SMILES string of the molecule is CC(C)CCNC(=O)Cn1cnc2c(Cl)cc(Cl)cc2c1=O. The van der Waals surface area contributed by atoms with Crippen molar-refractivity contribution in [3.05, 3.63) is 38.9 Å². The van der Waals surface area contributed by atoms with Crippen LogP contribution >= 0.6 is 23.2 Å². The van der Waals surface area contributed by atoms with Crippen LogP contribution in [-0.4, -0.2) is 22.0 Å². The van der Waals surface area contributed by atoms with Crippen molar-refractivity contribution >= 4 is 40.0 Å². The topological polar surface area (TPSA) is 64.0 Å². The lowest BCUT2D eigenvalue weighted by atomic mass is 10.1. The van der Waals surface area contributed by atoms with Gasteiger partial charge in [0.15, 0.2) is 0 Å². The van der Waals surface area contributed by atoms with E-state index < -0.39 is 0 Å². The highest BCUT2D eigenvalue weighted by Crippen LogP contribution is 2.23. The van der Waals surface area contributed by atoms with Crippen LogP contribution in [0, 0.1) is 5.92 Å². The molecule has 0 unspecified atom stereocenters. The first kappa shape index (κ1) is 16.8. The first-order valence-electron chi connectivity index (χ1n) is 6.99. The zero-order chi connectivity index (χ0) is 16.3. The molecule has 1 N–H and O–H groups in total. The number of carbonyl (C=O) groups excluding carboxylic acids is 1. The Morgan fingerprint density at radius 1 is 1.36 bits per heavy atom. The average molecular weight is 342 g/mol. The second-order valence-corrected chi connectivity index (χ2v) is 6.34. The maximum Gasteiger partial charge on any atom is 0.261 e. The van der Waals surface area contributed by atoms with E-state index in [0.29, 0.717) is 33.4 Å². The highest BCUT2D eigenvalue weighted by molar-refractivity contribution is 6.38. The van der Waals surface area contributed by atoms with Crippen LogP contribution < -0.4 is 10.9 Å². The lowest BCUT2D eigenvalue weighted by Gasteiger charge is -2.09. The van der Waals surface area contributed by atoms with E-state index in [4.69, 9.17) is 23.2 Å². The number of carbonyl (C=O) groups is 1. The first-order valence-corrected chi connectivity index (χ1v) is 7.75. The summed E-state index contributed by atoms with van der Waals surface area (Å²) in [5, 5.41) is 3.75. The van der Waals surface area contributed by atoms with E-state index in [1.807, 2.05) is 0 Å². The van der Waals surface area contributed by atoms with Gasteiger partial charge < -0.3 is 5.32 Å². The molecule has 1 amide bonds. The van der Waals surface area contributed by atoms with Gasteiger partial charge in [0, 0.05) is 11.6 Å². The van der Waals surface area contributed by atoms with Crippen LogP contribution in [0.25, 0.3) is 10.9 Å². The molecule has 0 aliphatic carbocycles. The molecule has 0 saturated carbocycles. The van der Waals surface area contributed by atoms with Gasteiger partial charge in [0.25, 0.3) is 5.56 Å². The average Bonchev–Trinajstić information content (AvgIpc) is 2.42. The summed E-state index contributed by atoms with van der Waals surface area (Å²) in [6, 6.07) is 3.03. The van der Waals surface area contributed by atoms with Gasteiger partial charge >= 0.3 is 0 Å². The van der Waals surface area contributed by atoms with Gasteiger partial charge in [0.05, 0.1) is 22.3 Å². The summed E-state index contributed by atoms with van der Waals surface area (Å²) in [5.41, 5.74) is 0.0425. The summed E-state index contributed by atoms with van der Waals surface area (Å²) < 4.78 is 1.25. The third-order valence-corrected chi connectivity index (χ3v) is 3.71. The van der Waals surface area contributed by atoms with E-state index >= 15 is 0 Å². The predicted molar refractivity (Wildman–Crippen MR) is 88.5 cm³/mol. The maximum atomic E-state index is 12.4.